The van der Waals surface area contributed by atoms with Crippen LogP contribution in [0.3, 0.4) is 0 Å². The maximum absolute atomic E-state index is 6.43. The fourth-order valence-corrected chi connectivity index (χ4v) is 7.73. The van der Waals surface area contributed by atoms with Gasteiger partial charge in [0.15, 0.2) is 0 Å². The molecule has 0 aliphatic rings. The predicted molar refractivity (Wildman–Crippen MR) is 224 cm³/mol. The van der Waals surface area contributed by atoms with Crippen molar-refractivity contribution in [3.8, 4) is 11.1 Å². The smallest absolute Gasteiger partial charge is 0.137 e. The topological polar surface area (TPSA) is 19.6 Å². The molecule has 53 heavy (non-hydrogen) atoms. The molecule has 9 aromatic carbocycles. The average Bonchev–Trinajstić information content (AvgIpc) is 3.60. The monoisotopic (exact) mass is 678 g/mol. The first-order valence-corrected chi connectivity index (χ1v) is 18.0. The van der Waals surface area contributed by atoms with E-state index in [-0.39, 0.29) is 0 Å². The van der Waals surface area contributed by atoms with Crippen LogP contribution in [-0.2, 0) is 0 Å². The molecule has 0 spiro atoms. The van der Waals surface area contributed by atoms with Gasteiger partial charge in [-0.25, -0.2) is 0 Å². The second-order valence-electron chi connectivity index (χ2n) is 13.4. The Bertz CT molecular complexity index is 2860. The highest BCUT2D eigenvalue weighted by Gasteiger charge is 2.21. The van der Waals surface area contributed by atoms with Crippen molar-refractivity contribution in [2.24, 2.45) is 0 Å². The minimum Gasteiger partial charge on any atom is -0.456 e. The van der Waals surface area contributed by atoms with Crippen LogP contribution >= 0.6 is 0 Å². The van der Waals surface area contributed by atoms with Gasteiger partial charge in [0.2, 0.25) is 0 Å². The molecule has 1 aromatic heterocycles. The number of benzene rings is 9. The van der Waals surface area contributed by atoms with Crippen LogP contribution < -0.4 is 9.80 Å². The summed E-state index contributed by atoms with van der Waals surface area (Å²) in [5, 5.41) is 6.98. The molecule has 0 aliphatic carbocycles. The van der Waals surface area contributed by atoms with E-state index in [4.69, 9.17) is 4.42 Å². The molecule has 0 aliphatic heterocycles. The van der Waals surface area contributed by atoms with Gasteiger partial charge in [-0.3, -0.25) is 0 Å². The summed E-state index contributed by atoms with van der Waals surface area (Å²) < 4.78 is 6.43. The van der Waals surface area contributed by atoms with E-state index in [0.29, 0.717) is 0 Å². The molecule has 0 bridgehead atoms. The molecule has 3 nitrogen and oxygen atoms in total. The molecule has 10 rings (SSSR count). The van der Waals surface area contributed by atoms with Gasteiger partial charge in [0.05, 0.1) is 5.69 Å². The maximum atomic E-state index is 6.43. The summed E-state index contributed by atoms with van der Waals surface area (Å²) in [5.41, 5.74) is 10.6. The van der Waals surface area contributed by atoms with Gasteiger partial charge < -0.3 is 14.2 Å². The van der Waals surface area contributed by atoms with Gasteiger partial charge in [-0.15, -0.1) is 0 Å². The molecule has 0 unspecified atom stereocenters. The minimum atomic E-state index is 0.864. The number of hydrogen-bond acceptors (Lipinski definition) is 3. The Kier molecular flexibility index (Phi) is 7.47. The lowest BCUT2D eigenvalue weighted by Crippen LogP contribution is -2.11. The molecular formula is C50H34N2O. The first kappa shape index (κ1) is 30.7. The molecule has 10 aromatic rings. The second kappa shape index (κ2) is 12.9. The van der Waals surface area contributed by atoms with Gasteiger partial charge in [-0.1, -0.05) is 127 Å². The van der Waals surface area contributed by atoms with Gasteiger partial charge in [-0.05, 0) is 100 Å². The van der Waals surface area contributed by atoms with E-state index >= 15 is 0 Å². The number of hydrogen-bond donors (Lipinski definition) is 0. The van der Waals surface area contributed by atoms with Crippen molar-refractivity contribution < 1.29 is 4.42 Å². The van der Waals surface area contributed by atoms with Gasteiger partial charge in [0, 0.05) is 50.7 Å². The van der Waals surface area contributed by atoms with Crippen molar-refractivity contribution in [1.82, 2.24) is 0 Å². The third-order valence-electron chi connectivity index (χ3n) is 10.2. The Morgan fingerprint density at radius 2 is 0.830 bits per heavy atom. The molecule has 250 valence electrons. The summed E-state index contributed by atoms with van der Waals surface area (Å²) in [5.74, 6) is 0. The van der Waals surface area contributed by atoms with Gasteiger partial charge in [0.25, 0.3) is 0 Å². The van der Waals surface area contributed by atoms with Gasteiger partial charge in [-0.2, -0.15) is 0 Å². The summed E-state index contributed by atoms with van der Waals surface area (Å²) in [6.45, 7) is 0. The highest BCUT2D eigenvalue weighted by atomic mass is 16.3. The standard InChI is InChI=1S/C50H34N2O/c1-4-15-35(16-5-1)36-18-14-23-40(31-36)51(42-28-30-46-45-25-12-13-26-49(45)53-50(46)34-42)41-27-29-44-47(33-41)43-24-11-10-17-37(43)32-48(44)52(38-19-6-2-7-20-38)39-21-8-3-9-22-39/h1-34H. The van der Waals surface area contributed by atoms with Crippen molar-refractivity contribution in [3.05, 3.63) is 206 Å². The number of para-hydroxylation sites is 3. The van der Waals surface area contributed by atoms with E-state index < -0.39 is 0 Å². The van der Waals surface area contributed by atoms with Crippen molar-refractivity contribution in [2.75, 3.05) is 9.80 Å². The van der Waals surface area contributed by atoms with Crippen LogP contribution in [0.25, 0.3) is 54.6 Å². The quantitative estimate of drug-likeness (QED) is 0.156. The van der Waals surface area contributed by atoms with E-state index in [0.717, 1.165) is 61.6 Å². The van der Waals surface area contributed by atoms with Crippen molar-refractivity contribution >= 4 is 77.6 Å². The zero-order chi connectivity index (χ0) is 35.1. The van der Waals surface area contributed by atoms with Crippen LogP contribution in [0.2, 0.25) is 0 Å². The lowest BCUT2D eigenvalue weighted by molar-refractivity contribution is 0.669. The summed E-state index contributed by atoms with van der Waals surface area (Å²) in [6.07, 6.45) is 0. The normalized spacial score (nSPS) is 11.4. The first-order valence-electron chi connectivity index (χ1n) is 18.0. The molecule has 3 heteroatoms. The summed E-state index contributed by atoms with van der Waals surface area (Å²) in [6, 6.07) is 73.4. The third kappa shape index (κ3) is 5.47. The Balaban J connectivity index is 1.22. The Morgan fingerprint density at radius 1 is 0.283 bits per heavy atom. The fraction of sp³-hybridized carbons (Fsp3) is 0. The molecule has 0 N–H and O–H groups in total. The van der Waals surface area contributed by atoms with E-state index in [2.05, 4.69) is 204 Å². The van der Waals surface area contributed by atoms with Crippen LogP contribution in [0.5, 0.6) is 0 Å². The van der Waals surface area contributed by atoms with E-state index in [9.17, 15) is 0 Å². The Hall–Kier alpha value is -7.10. The fourth-order valence-electron chi connectivity index (χ4n) is 7.73. The summed E-state index contributed by atoms with van der Waals surface area (Å²) in [7, 11) is 0. The number of nitrogens with zero attached hydrogens (tertiary/aromatic N) is 2. The molecule has 0 saturated carbocycles. The van der Waals surface area contributed by atoms with Gasteiger partial charge in [0.1, 0.15) is 11.2 Å². The number of furan rings is 1. The van der Waals surface area contributed by atoms with Crippen LogP contribution in [0, 0.1) is 0 Å². The van der Waals surface area contributed by atoms with Crippen molar-refractivity contribution in [2.45, 2.75) is 0 Å². The lowest BCUT2D eigenvalue weighted by atomic mass is 9.97. The molecule has 0 fully saturated rings. The maximum Gasteiger partial charge on any atom is 0.137 e. The zero-order valence-corrected chi connectivity index (χ0v) is 28.9. The zero-order valence-electron chi connectivity index (χ0n) is 28.9. The Morgan fingerprint density at radius 3 is 1.58 bits per heavy atom. The summed E-state index contributed by atoms with van der Waals surface area (Å²) in [4.78, 5) is 4.72. The molecule has 0 atom stereocenters. The predicted octanol–water partition coefficient (Wildman–Crippen LogP) is 14.5. The van der Waals surface area contributed by atoms with Crippen LogP contribution in [0.15, 0.2) is 211 Å². The lowest BCUT2D eigenvalue weighted by Gasteiger charge is -2.29. The average molecular weight is 679 g/mol. The highest BCUT2D eigenvalue weighted by Crippen LogP contribution is 2.45. The summed E-state index contributed by atoms with van der Waals surface area (Å²) >= 11 is 0. The van der Waals surface area contributed by atoms with Gasteiger partial charge >= 0.3 is 0 Å². The minimum absolute atomic E-state index is 0.864. The largest absolute Gasteiger partial charge is 0.456 e. The third-order valence-corrected chi connectivity index (χ3v) is 10.2. The van der Waals surface area contributed by atoms with E-state index in [1.807, 2.05) is 12.1 Å². The molecule has 0 amide bonds. The van der Waals surface area contributed by atoms with Crippen molar-refractivity contribution in [3.63, 3.8) is 0 Å². The van der Waals surface area contributed by atoms with Crippen molar-refractivity contribution in [1.29, 1.82) is 0 Å². The molecule has 0 saturated heterocycles. The van der Waals surface area contributed by atoms with Crippen LogP contribution in [0.4, 0.5) is 34.1 Å². The number of rotatable bonds is 7. The Labute approximate surface area is 308 Å². The SMILES string of the molecule is c1ccc(-c2cccc(N(c3ccc4c(c3)oc3ccccc34)c3ccc4c(N(c5ccccc5)c5ccccc5)cc5ccccc5c4c3)c2)cc1. The molecular weight excluding hydrogens is 645 g/mol. The van der Waals surface area contributed by atoms with Crippen LogP contribution in [0.1, 0.15) is 0 Å². The molecule has 1 heterocycles. The van der Waals surface area contributed by atoms with E-state index in [1.165, 1.54) is 27.1 Å². The number of fused-ring (bicyclic) bond motifs is 6. The molecule has 0 radical (unpaired) electrons. The van der Waals surface area contributed by atoms with E-state index in [1.54, 1.807) is 0 Å². The second-order valence-corrected chi connectivity index (χ2v) is 13.4. The highest BCUT2D eigenvalue weighted by molar-refractivity contribution is 6.16. The first-order chi connectivity index (χ1) is 26.3. The number of anilines is 6. The van der Waals surface area contributed by atoms with Crippen LogP contribution in [-0.4, -0.2) is 0 Å².